The Morgan fingerprint density at radius 1 is 0.769 bits per heavy atom. The Morgan fingerprint density at radius 2 is 1.08 bits per heavy atom. The van der Waals surface area contributed by atoms with Crippen molar-refractivity contribution in [3.63, 3.8) is 0 Å². The zero-order valence-corrected chi connectivity index (χ0v) is 11.2. The van der Waals surface area contributed by atoms with Gasteiger partial charge in [0.25, 0.3) is 0 Å². The topological polar surface area (TPSA) is 3.24 Å². The molecule has 0 fully saturated rings. The zero-order chi connectivity index (χ0) is 10.3. The molecule has 0 amide bonds. The average Bonchev–Trinajstić information content (AvgIpc) is 2.05. The van der Waals surface area contributed by atoms with Crippen LogP contribution in [-0.4, -0.2) is 26.9 Å². The van der Waals surface area contributed by atoms with Crippen LogP contribution in [0.5, 0.6) is 0 Å². The van der Waals surface area contributed by atoms with E-state index in [-0.39, 0.29) is 0 Å². The van der Waals surface area contributed by atoms with Gasteiger partial charge in [-0.1, -0.05) is 40.0 Å². The van der Waals surface area contributed by atoms with Crippen LogP contribution in [0, 0.1) is 0 Å². The summed E-state index contributed by atoms with van der Waals surface area (Å²) in [5.41, 5.74) is 0. The van der Waals surface area contributed by atoms with Crippen LogP contribution in [-0.2, 0) is 0 Å². The van der Waals surface area contributed by atoms with Crippen LogP contribution in [0.1, 0.15) is 40.0 Å². The first-order chi connectivity index (χ1) is 6.13. The van der Waals surface area contributed by atoms with Crippen molar-refractivity contribution in [2.24, 2.45) is 0 Å². The Kier molecular flexibility index (Phi) is 6.69. The van der Waals surface area contributed by atoms with E-state index in [1.807, 2.05) is 0 Å². The minimum atomic E-state index is -1.04. The van der Waals surface area contributed by atoms with Crippen LogP contribution in [0.3, 0.4) is 0 Å². The maximum atomic E-state index is 2.59. The molecule has 2 heteroatoms. The second-order valence-corrected chi connectivity index (χ2v) is 9.21. The van der Waals surface area contributed by atoms with E-state index in [1.54, 1.807) is 0 Å². The first kappa shape index (κ1) is 13.2. The molecule has 0 N–H and O–H groups in total. The summed E-state index contributed by atoms with van der Waals surface area (Å²) in [7, 11) is 3.56. The highest BCUT2D eigenvalue weighted by Gasteiger charge is 2.32. The summed E-state index contributed by atoms with van der Waals surface area (Å²) >= 11 is 0. The van der Waals surface area contributed by atoms with Crippen LogP contribution in [0.25, 0.3) is 0 Å². The lowest BCUT2D eigenvalue weighted by molar-refractivity contribution is 0.586. The summed E-state index contributed by atoms with van der Waals surface area (Å²) in [4.78, 5) is 0. The van der Waals surface area contributed by atoms with E-state index in [1.165, 1.54) is 37.4 Å². The largest absolute Gasteiger partial charge is 0.329 e. The predicted molar refractivity (Wildman–Crippen MR) is 64.7 cm³/mol. The molecule has 13 heavy (non-hydrogen) atoms. The van der Waals surface area contributed by atoms with Gasteiger partial charge in [-0.3, -0.25) is 0 Å². The van der Waals surface area contributed by atoms with E-state index in [4.69, 9.17) is 0 Å². The Labute approximate surface area is 85.6 Å². The monoisotopic (exact) mass is 201 g/mol. The van der Waals surface area contributed by atoms with Crippen LogP contribution in [0.2, 0.25) is 18.1 Å². The van der Waals surface area contributed by atoms with Crippen molar-refractivity contribution in [2.75, 3.05) is 14.1 Å². The lowest BCUT2D eigenvalue weighted by Crippen LogP contribution is -2.48. The fraction of sp³-hybridized carbons (Fsp3) is 1.00. The van der Waals surface area contributed by atoms with Crippen LogP contribution in [0.4, 0.5) is 0 Å². The highest BCUT2D eigenvalue weighted by atomic mass is 28.3. The van der Waals surface area contributed by atoms with Crippen molar-refractivity contribution in [2.45, 2.75) is 58.2 Å². The molecule has 0 rings (SSSR count). The molecule has 0 atom stereocenters. The molecule has 0 radical (unpaired) electrons. The van der Waals surface area contributed by atoms with Gasteiger partial charge in [-0.15, -0.1) is 0 Å². The van der Waals surface area contributed by atoms with Crippen molar-refractivity contribution in [3.8, 4) is 0 Å². The highest BCUT2D eigenvalue weighted by molar-refractivity contribution is 6.77. The molecule has 0 unspecified atom stereocenters. The first-order valence-corrected chi connectivity index (χ1v) is 8.37. The van der Waals surface area contributed by atoms with Crippen molar-refractivity contribution in [1.82, 2.24) is 4.57 Å². The molecule has 80 valence electrons. The van der Waals surface area contributed by atoms with Gasteiger partial charge in [-0.2, -0.15) is 0 Å². The minimum Gasteiger partial charge on any atom is -0.329 e. The molecular weight excluding hydrogens is 174 g/mol. The average molecular weight is 201 g/mol. The molecule has 0 bridgehead atoms. The summed E-state index contributed by atoms with van der Waals surface area (Å²) in [5, 5.41) is 0. The smallest absolute Gasteiger partial charge is 0.127 e. The van der Waals surface area contributed by atoms with E-state index in [2.05, 4.69) is 39.4 Å². The second kappa shape index (κ2) is 6.60. The van der Waals surface area contributed by atoms with Crippen LogP contribution >= 0.6 is 0 Å². The normalized spacial score (nSPS) is 12.5. The summed E-state index contributed by atoms with van der Waals surface area (Å²) in [6.07, 6.45) is 4.10. The SMILES string of the molecule is CCC[Si](CCC)(CCC)N(C)C. The third-order valence-electron chi connectivity index (χ3n) is 3.09. The lowest BCUT2D eigenvalue weighted by atomic mass is 10.5. The van der Waals surface area contributed by atoms with Crippen LogP contribution in [0.15, 0.2) is 0 Å². The Hall–Kier alpha value is 0.177. The fourth-order valence-electron chi connectivity index (χ4n) is 2.44. The second-order valence-electron chi connectivity index (χ2n) is 4.37. The molecular formula is C11H27NSi. The standard InChI is InChI=1S/C11H27NSi/c1-6-9-13(10-7-2,11-8-3)12(4)5/h6-11H2,1-5H3. The third kappa shape index (κ3) is 3.82. The maximum absolute atomic E-state index is 2.59. The molecule has 0 aliphatic rings. The fourth-order valence-corrected chi connectivity index (χ4v) is 7.33. The molecule has 0 saturated heterocycles. The highest BCUT2D eigenvalue weighted by Crippen LogP contribution is 2.27. The van der Waals surface area contributed by atoms with Crippen molar-refractivity contribution in [3.05, 3.63) is 0 Å². The van der Waals surface area contributed by atoms with Crippen LogP contribution < -0.4 is 0 Å². The number of hydrogen-bond donors (Lipinski definition) is 0. The van der Waals surface area contributed by atoms with Gasteiger partial charge in [0.15, 0.2) is 0 Å². The van der Waals surface area contributed by atoms with Crippen molar-refractivity contribution in [1.29, 1.82) is 0 Å². The predicted octanol–water partition coefficient (Wildman–Crippen LogP) is 3.72. The number of nitrogens with zero attached hydrogens (tertiary/aromatic N) is 1. The molecule has 0 aromatic rings. The summed E-state index contributed by atoms with van der Waals surface area (Å²) in [6.45, 7) is 6.99. The Bertz CT molecular complexity index is 106. The zero-order valence-electron chi connectivity index (χ0n) is 10.2. The Morgan fingerprint density at radius 3 is 1.23 bits per heavy atom. The number of hydrogen-bond acceptors (Lipinski definition) is 1. The third-order valence-corrected chi connectivity index (χ3v) is 9.28. The molecule has 0 spiro atoms. The quantitative estimate of drug-likeness (QED) is 0.567. The minimum absolute atomic E-state index is 1.04. The lowest BCUT2D eigenvalue weighted by Gasteiger charge is -2.37. The van der Waals surface area contributed by atoms with E-state index in [0.717, 1.165) is 0 Å². The van der Waals surface area contributed by atoms with Gasteiger partial charge in [0.05, 0.1) is 0 Å². The van der Waals surface area contributed by atoms with E-state index in [9.17, 15) is 0 Å². The summed E-state index contributed by atoms with van der Waals surface area (Å²) in [6, 6.07) is 4.46. The van der Waals surface area contributed by atoms with Gasteiger partial charge in [-0.05, 0) is 32.2 Å². The van der Waals surface area contributed by atoms with E-state index < -0.39 is 8.24 Å². The van der Waals surface area contributed by atoms with Crippen molar-refractivity contribution < 1.29 is 0 Å². The molecule has 0 aromatic heterocycles. The summed E-state index contributed by atoms with van der Waals surface area (Å²) < 4.78 is 2.59. The number of rotatable bonds is 7. The first-order valence-electron chi connectivity index (χ1n) is 5.80. The van der Waals surface area contributed by atoms with E-state index >= 15 is 0 Å². The van der Waals surface area contributed by atoms with Gasteiger partial charge in [0, 0.05) is 0 Å². The molecule has 1 nitrogen and oxygen atoms in total. The van der Waals surface area contributed by atoms with Gasteiger partial charge in [0.2, 0.25) is 0 Å². The molecule has 0 aromatic carbocycles. The maximum Gasteiger partial charge on any atom is 0.127 e. The van der Waals surface area contributed by atoms with Gasteiger partial charge in [0.1, 0.15) is 8.24 Å². The summed E-state index contributed by atoms with van der Waals surface area (Å²) in [5.74, 6) is 0. The molecule has 0 heterocycles. The van der Waals surface area contributed by atoms with Gasteiger partial charge in [-0.25, -0.2) is 0 Å². The van der Waals surface area contributed by atoms with Crippen molar-refractivity contribution >= 4 is 8.24 Å². The molecule has 0 saturated carbocycles. The Balaban J connectivity index is 4.38. The van der Waals surface area contributed by atoms with Gasteiger partial charge >= 0.3 is 0 Å². The van der Waals surface area contributed by atoms with E-state index in [0.29, 0.717) is 0 Å². The molecule has 0 aliphatic carbocycles. The molecule has 0 aliphatic heterocycles. The van der Waals surface area contributed by atoms with Gasteiger partial charge < -0.3 is 4.57 Å².